The molecule has 1 aromatic heterocycles. The van der Waals surface area contributed by atoms with Gasteiger partial charge in [-0.15, -0.1) is 0 Å². The molecule has 2 rings (SSSR count). The van der Waals surface area contributed by atoms with E-state index in [0.29, 0.717) is 16.5 Å². The molecule has 2 aromatic rings. The molecule has 0 spiro atoms. The number of sulfonamides is 1. The molecule has 1 amide bonds. The summed E-state index contributed by atoms with van der Waals surface area (Å²) in [5, 5.41) is 2.97. The lowest BCUT2D eigenvalue weighted by Gasteiger charge is -2.19. The number of pyridine rings is 1. The van der Waals surface area contributed by atoms with E-state index in [9.17, 15) is 13.2 Å². The van der Waals surface area contributed by atoms with Crippen molar-refractivity contribution in [1.29, 1.82) is 0 Å². The number of rotatable bonds is 7. The van der Waals surface area contributed by atoms with E-state index in [4.69, 9.17) is 16.3 Å². The highest BCUT2D eigenvalue weighted by Crippen LogP contribution is 2.27. The Kier molecular flexibility index (Phi) is 6.35. The number of hydrogen-bond donors (Lipinski definition) is 1. The first-order valence-electron chi connectivity index (χ1n) is 7.27. The zero-order chi connectivity index (χ0) is 18.4. The van der Waals surface area contributed by atoms with Crippen LogP contribution < -0.4 is 10.1 Å². The molecule has 9 heteroatoms. The zero-order valence-corrected chi connectivity index (χ0v) is 15.3. The number of ether oxygens (including phenoxy) is 1. The summed E-state index contributed by atoms with van der Waals surface area (Å²) >= 11 is 6.01. The summed E-state index contributed by atoms with van der Waals surface area (Å²) < 4.78 is 30.0. The van der Waals surface area contributed by atoms with E-state index < -0.39 is 15.9 Å². The van der Waals surface area contributed by atoms with Crippen LogP contribution in [-0.4, -0.2) is 43.5 Å². The van der Waals surface area contributed by atoms with Gasteiger partial charge in [-0.3, -0.25) is 9.78 Å². The van der Waals surface area contributed by atoms with Gasteiger partial charge in [-0.25, -0.2) is 8.42 Å². The number of aromatic nitrogens is 1. The second-order valence-corrected chi connectivity index (χ2v) is 7.67. The van der Waals surface area contributed by atoms with Crippen molar-refractivity contribution < 1.29 is 17.9 Å². The van der Waals surface area contributed by atoms with Gasteiger partial charge in [0, 0.05) is 24.6 Å². The molecule has 0 aliphatic rings. The normalized spacial score (nSPS) is 11.4. The van der Waals surface area contributed by atoms with Gasteiger partial charge in [0.15, 0.2) is 0 Å². The van der Waals surface area contributed by atoms with Gasteiger partial charge in [-0.2, -0.15) is 4.31 Å². The summed E-state index contributed by atoms with van der Waals surface area (Å²) in [5.41, 5.74) is 1.19. The Balaban J connectivity index is 2.08. The minimum atomic E-state index is -3.56. The van der Waals surface area contributed by atoms with Crippen LogP contribution in [0.1, 0.15) is 5.56 Å². The molecule has 1 aromatic carbocycles. The smallest absolute Gasteiger partial charge is 0.239 e. The number of halogens is 1. The topological polar surface area (TPSA) is 88.6 Å². The quantitative estimate of drug-likeness (QED) is 0.791. The van der Waals surface area contributed by atoms with Crippen LogP contribution in [0.15, 0.2) is 42.7 Å². The summed E-state index contributed by atoms with van der Waals surface area (Å²) in [5.74, 6) is 0.0100. The molecule has 1 heterocycles. The molecule has 7 nitrogen and oxygen atoms in total. The summed E-state index contributed by atoms with van der Waals surface area (Å²) in [6.07, 6.45) is 4.19. The van der Waals surface area contributed by atoms with E-state index >= 15 is 0 Å². The number of carbonyl (C=O) groups excluding carboxylic acids is 1. The monoisotopic (exact) mass is 383 g/mol. The number of methoxy groups -OCH3 is 1. The van der Waals surface area contributed by atoms with Crippen LogP contribution in [0.4, 0.5) is 5.69 Å². The first-order chi connectivity index (χ1) is 11.8. The van der Waals surface area contributed by atoms with Crippen molar-refractivity contribution in [3.05, 3.63) is 53.3 Å². The van der Waals surface area contributed by atoms with Crippen LogP contribution in [0, 0.1) is 0 Å². The fourth-order valence-corrected chi connectivity index (χ4v) is 3.08. The third-order valence-corrected chi connectivity index (χ3v) is 4.82. The molecule has 0 saturated carbocycles. The number of benzene rings is 1. The van der Waals surface area contributed by atoms with Gasteiger partial charge in [0.2, 0.25) is 15.9 Å². The third kappa shape index (κ3) is 5.70. The lowest BCUT2D eigenvalue weighted by atomic mass is 10.2. The highest BCUT2D eigenvalue weighted by atomic mass is 35.5. The number of carbonyl (C=O) groups is 1. The maximum Gasteiger partial charge on any atom is 0.239 e. The van der Waals surface area contributed by atoms with Crippen LogP contribution >= 0.6 is 11.6 Å². The standard InChI is InChI=1S/C16H18ClN3O4S/c1-24-15-4-3-13(9-14(15)17)19-16(21)11-20(25(2,22)23)10-12-5-7-18-8-6-12/h3-9H,10-11H2,1-2H3,(H,19,21). The van der Waals surface area contributed by atoms with Crippen molar-refractivity contribution >= 4 is 33.2 Å². The molecular formula is C16H18ClN3O4S. The number of nitrogens with zero attached hydrogens (tertiary/aromatic N) is 2. The summed E-state index contributed by atoms with van der Waals surface area (Å²) in [7, 11) is -2.07. The van der Waals surface area contributed by atoms with Crippen molar-refractivity contribution in [2.45, 2.75) is 6.54 Å². The fourth-order valence-electron chi connectivity index (χ4n) is 2.09. The van der Waals surface area contributed by atoms with Crippen LogP contribution in [0.3, 0.4) is 0 Å². The Bertz CT molecular complexity index is 844. The van der Waals surface area contributed by atoms with Gasteiger partial charge >= 0.3 is 0 Å². The molecule has 1 N–H and O–H groups in total. The first kappa shape index (κ1) is 19.2. The minimum Gasteiger partial charge on any atom is -0.495 e. The average Bonchev–Trinajstić information content (AvgIpc) is 2.54. The van der Waals surface area contributed by atoms with Crippen molar-refractivity contribution in [2.75, 3.05) is 25.2 Å². The third-order valence-electron chi connectivity index (χ3n) is 3.33. The SMILES string of the molecule is COc1ccc(NC(=O)CN(Cc2ccncc2)S(C)(=O)=O)cc1Cl. The van der Waals surface area contributed by atoms with E-state index in [-0.39, 0.29) is 13.1 Å². The molecule has 25 heavy (non-hydrogen) atoms. The van der Waals surface area contributed by atoms with Crippen LogP contribution in [0.5, 0.6) is 5.75 Å². The summed E-state index contributed by atoms with van der Waals surface area (Å²) in [6, 6.07) is 8.16. The van der Waals surface area contributed by atoms with Gasteiger partial charge in [0.05, 0.1) is 24.9 Å². The van der Waals surface area contributed by atoms with E-state index in [1.54, 1.807) is 36.7 Å². The van der Waals surface area contributed by atoms with E-state index in [0.717, 1.165) is 16.1 Å². The van der Waals surface area contributed by atoms with Gasteiger partial charge < -0.3 is 10.1 Å². The second kappa shape index (κ2) is 8.28. The molecule has 0 unspecified atom stereocenters. The largest absolute Gasteiger partial charge is 0.495 e. The van der Waals surface area contributed by atoms with E-state index in [1.807, 2.05) is 0 Å². The minimum absolute atomic E-state index is 0.0815. The second-order valence-electron chi connectivity index (χ2n) is 5.28. The molecule has 0 aliphatic heterocycles. The van der Waals surface area contributed by atoms with Crippen LogP contribution in [-0.2, 0) is 21.4 Å². The predicted octanol–water partition coefficient (Wildman–Crippen LogP) is 2.14. The maximum absolute atomic E-state index is 12.2. The Labute approximate surface area is 151 Å². The summed E-state index contributed by atoms with van der Waals surface area (Å²) in [4.78, 5) is 16.1. The maximum atomic E-state index is 12.2. The van der Waals surface area contributed by atoms with Crippen molar-refractivity contribution in [1.82, 2.24) is 9.29 Å². The lowest BCUT2D eigenvalue weighted by molar-refractivity contribution is -0.116. The average molecular weight is 384 g/mol. The van der Waals surface area contributed by atoms with Crippen molar-refractivity contribution in [3.8, 4) is 5.75 Å². The molecule has 0 atom stereocenters. The molecule has 0 fully saturated rings. The van der Waals surface area contributed by atoms with Gasteiger partial charge in [0.25, 0.3) is 0 Å². The zero-order valence-electron chi connectivity index (χ0n) is 13.8. The van der Waals surface area contributed by atoms with E-state index in [1.165, 1.54) is 13.2 Å². The number of amides is 1. The van der Waals surface area contributed by atoms with Crippen molar-refractivity contribution in [3.63, 3.8) is 0 Å². The molecule has 0 saturated heterocycles. The molecule has 0 aliphatic carbocycles. The van der Waals surface area contributed by atoms with Crippen LogP contribution in [0.25, 0.3) is 0 Å². The van der Waals surface area contributed by atoms with Gasteiger partial charge in [-0.1, -0.05) is 11.6 Å². The highest BCUT2D eigenvalue weighted by molar-refractivity contribution is 7.88. The van der Waals surface area contributed by atoms with Crippen LogP contribution in [0.2, 0.25) is 5.02 Å². The lowest BCUT2D eigenvalue weighted by Crippen LogP contribution is -2.36. The summed E-state index contributed by atoms with van der Waals surface area (Å²) in [6.45, 7) is -0.233. The Hall–Kier alpha value is -2.16. The van der Waals surface area contributed by atoms with E-state index in [2.05, 4.69) is 10.3 Å². The molecule has 0 bridgehead atoms. The predicted molar refractivity (Wildman–Crippen MR) is 96.1 cm³/mol. The molecular weight excluding hydrogens is 366 g/mol. The molecule has 134 valence electrons. The Morgan fingerprint density at radius 3 is 2.52 bits per heavy atom. The first-order valence-corrected chi connectivity index (χ1v) is 9.49. The number of hydrogen-bond acceptors (Lipinski definition) is 5. The Morgan fingerprint density at radius 1 is 1.28 bits per heavy atom. The van der Waals surface area contributed by atoms with Crippen molar-refractivity contribution in [2.24, 2.45) is 0 Å². The fraction of sp³-hybridized carbons (Fsp3) is 0.250. The highest BCUT2D eigenvalue weighted by Gasteiger charge is 2.20. The number of nitrogens with one attached hydrogen (secondary N) is 1. The number of anilines is 1. The molecule has 0 radical (unpaired) electrons. The van der Waals surface area contributed by atoms with Gasteiger partial charge in [-0.05, 0) is 35.9 Å². The Morgan fingerprint density at radius 2 is 1.96 bits per heavy atom. The van der Waals surface area contributed by atoms with Gasteiger partial charge in [0.1, 0.15) is 5.75 Å².